The molecule has 1 heterocycles. The highest BCUT2D eigenvalue weighted by atomic mass is 35.5. The summed E-state index contributed by atoms with van der Waals surface area (Å²) in [4.78, 5) is 22.6. The van der Waals surface area contributed by atoms with Crippen LogP contribution in [0.25, 0.3) is 0 Å². The standard InChI is InChI=1S/C14H13ClN2O6S/c1-17-8(6-10(18)13(19)12(17)14(20)21)7-16-24(22,23)11-5-3-2-4-9(11)15/h2-6,16,19H,7H2,1H3,(H,20,21). The number of halogens is 1. The molecule has 0 unspecified atom stereocenters. The van der Waals surface area contributed by atoms with Crippen molar-refractivity contribution in [2.45, 2.75) is 11.4 Å². The molecule has 0 fully saturated rings. The Balaban J connectivity index is 2.38. The molecule has 0 atom stereocenters. The molecule has 2 aromatic rings. The van der Waals surface area contributed by atoms with Crippen LogP contribution in [0, 0.1) is 0 Å². The maximum atomic E-state index is 12.3. The zero-order chi connectivity index (χ0) is 18.1. The minimum atomic E-state index is -3.97. The number of hydrogen-bond acceptors (Lipinski definition) is 5. The van der Waals surface area contributed by atoms with Crippen LogP contribution in [0.2, 0.25) is 5.02 Å². The average Bonchev–Trinajstić information content (AvgIpc) is 2.49. The second-order valence-electron chi connectivity index (χ2n) is 4.82. The van der Waals surface area contributed by atoms with Crippen molar-refractivity contribution in [1.29, 1.82) is 0 Å². The summed E-state index contributed by atoms with van der Waals surface area (Å²) in [5.41, 5.74) is -1.49. The van der Waals surface area contributed by atoms with Gasteiger partial charge in [-0.05, 0) is 12.1 Å². The lowest BCUT2D eigenvalue weighted by Crippen LogP contribution is -2.27. The fourth-order valence-electron chi connectivity index (χ4n) is 2.06. The van der Waals surface area contributed by atoms with Crippen molar-refractivity contribution in [2.24, 2.45) is 7.05 Å². The van der Waals surface area contributed by atoms with Gasteiger partial charge in [-0.2, -0.15) is 0 Å². The molecule has 3 N–H and O–H groups in total. The van der Waals surface area contributed by atoms with Crippen molar-refractivity contribution >= 4 is 27.6 Å². The van der Waals surface area contributed by atoms with E-state index in [1.54, 1.807) is 6.07 Å². The van der Waals surface area contributed by atoms with Crippen molar-refractivity contribution in [2.75, 3.05) is 0 Å². The number of aromatic nitrogens is 1. The molecule has 0 amide bonds. The van der Waals surface area contributed by atoms with Gasteiger partial charge in [0.05, 0.1) is 11.6 Å². The fourth-order valence-corrected chi connectivity index (χ4v) is 3.58. The smallest absolute Gasteiger partial charge is 0.356 e. The van der Waals surface area contributed by atoms with Gasteiger partial charge in [0, 0.05) is 18.8 Å². The minimum Gasteiger partial charge on any atom is -0.502 e. The first-order valence-corrected chi connectivity index (χ1v) is 8.40. The number of aromatic hydroxyl groups is 1. The monoisotopic (exact) mass is 372 g/mol. The summed E-state index contributed by atoms with van der Waals surface area (Å²) >= 11 is 5.85. The van der Waals surface area contributed by atoms with Gasteiger partial charge in [0.25, 0.3) is 0 Å². The predicted octanol–water partition coefficient (Wildman–Crippen LogP) is 0.921. The quantitative estimate of drug-likeness (QED) is 0.716. The zero-order valence-electron chi connectivity index (χ0n) is 12.4. The Labute approximate surface area is 142 Å². The van der Waals surface area contributed by atoms with Gasteiger partial charge in [-0.3, -0.25) is 4.79 Å². The number of sulfonamides is 1. The molecule has 0 spiro atoms. The Morgan fingerprint density at radius 3 is 2.54 bits per heavy atom. The number of rotatable bonds is 5. The molecular weight excluding hydrogens is 360 g/mol. The van der Waals surface area contributed by atoms with Gasteiger partial charge >= 0.3 is 5.97 Å². The van der Waals surface area contributed by atoms with Crippen LogP contribution in [-0.4, -0.2) is 29.2 Å². The lowest BCUT2D eigenvalue weighted by molar-refractivity contribution is 0.0681. The summed E-state index contributed by atoms with van der Waals surface area (Å²) in [5, 5.41) is 18.6. The Bertz CT molecular complexity index is 968. The van der Waals surface area contributed by atoms with Gasteiger partial charge in [0.2, 0.25) is 15.5 Å². The Kier molecular flexibility index (Phi) is 4.97. The summed E-state index contributed by atoms with van der Waals surface area (Å²) in [5.74, 6) is -2.43. The van der Waals surface area contributed by atoms with Crippen molar-refractivity contribution in [3.63, 3.8) is 0 Å². The molecule has 8 nitrogen and oxygen atoms in total. The van der Waals surface area contributed by atoms with Crippen LogP contribution in [0.5, 0.6) is 5.75 Å². The van der Waals surface area contributed by atoms with Crippen LogP contribution in [-0.2, 0) is 23.6 Å². The molecule has 0 aliphatic rings. The van der Waals surface area contributed by atoms with Gasteiger partial charge in [-0.25, -0.2) is 17.9 Å². The summed E-state index contributed by atoms with van der Waals surface area (Å²) in [6, 6.07) is 6.75. The van der Waals surface area contributed by atoms with E-state index in [1.807, 2.05) is 0 Å². The number of carbonyl (C=O) groups is 1. The van der Waals surface area contributed by atoms with Crippen LogP contribution in [0.3, 0.4) is 0 Å². The number of aromatic carboxylic acids is 1. The van der Waals surface area contributed by atoms with E-state index in [0.717, 1.165) is 10.6 Å². The number of carboxylic acids is 1. The third-order valence-electron chi connectivity index (χ3n) is 3.29. The molecule has 0 saturated heterocycles. The van der Waals surface area contributed by atoms with Crippen molar-refractivity contribution in [1.82, 2.24) is 9.29 Å². The van der Waals surface area contributed by atoms with Gasteiger partial charge in [-0.1, -0.05) is 23.7 Å². The molecule has 1 aromatic heterocycles. The van der Waals surface area contributed by atoms with E-state index in [2.05, 4.69) is 4.72 Å². The molecule has 128 valence electrons. The van der Waals surface area contributed by atoms with E-state index in [9.17, 15) is 23.1 Å². The highest BCUT2D eigenvalue weighted by Crippen LogP contribution is 2.20. The molecule has 0 aliphatic carbocycles. The average molecular weight is 373 g/mol. The maximum absolute atomic E-state index is 12.3. The normalized spacial score (nSPS) is 11.4. The molecule has 10 heteroatoms. The molecule has 0 aliphatic heterocycles. The minimum absolute atomic E-state index is 0.0239. The first kappa shape index (κ1) is 18.0. The van der Waals surface area contributed by atoms with E-state index < -0.39 is 32.9 Å². The van der Waals surface area contributed by atoms with Crippen LogP contribution in [0.15, 0.2) is 40.0 Å². The zero-order valence-corrected chi connectivity index (χ0v) is 13.9. The Hall–Kier alpha value is -2.36. The van der Waals surface area contributed by atoms with Gasteiger partial charge < -0.3 is 14.8 Å². The largest absolute Gasteiger partial charge is 0.502 e. The summed E-state index contributed by atoms with van der Waals surface area (Å²) in [6.07, 6.45) is 0. The van der Waals surface area contributed by atoms with E-state index in [1.165, 1.54) is 25.2 Å². The van der Waals surface area contributed by atoms with Crippen LogP contribution in [0.4, 0.5) is 0 Å². The second kappa shape index (κ2) is 6.63. The predicted molar refractivity (Wildman–Crippen MR) is 85.8 cm³/mol. The number of benzene rings is 1. The number of pyridine rings is 1. The van der Waals surface area contributed by atoms with Crippen molar-refractivity contribution in [3.05, 3.63) is 57.0 Å². The van der Waals surface area contributed by atoms with E-state index in [0.29, 0.717) is 0 Å². The maximum Gasteiger partial charge on any atom is 0.356 e. The van der Waals surface area contributed by atoms with Gasteiger partial charge in [0.15, 0.2) is 11.4 Å². The SMILES string of the molecule is Cn1c(CNS(=O)(=O)c2ccccc2Cl)cc(=O)c(O)c1C(=O)O. The lowest BCUT2D eigenvalue weighted by atomic mass is 10.2. The van der Waals surface area contributed by atoms with E-state index >= 15 is 0 Å². The molecule has 0 saturated carbocycles. The Morgan fingerprint density at radius 2 is 1.96 bits per heavy atom. The van der Waals surface area contributed by atoms with Gasteiger partial charge in [-0.15, -0.1) is 0 Å². The fraction of sp³-hybridized carbons (Fsp3) is 0.143. The molecule has 1 aromatic carbocycles. The molecule has 0 bridgehead atoms. The number of nitrogens with zero attached hydrogens (tertiary/aromatic N) is 1. The molecule has 2 rings (SSSR count). The van der Waals surface area contributed by atoms with Crippen molar-refractivity contribution < 1.29 is 23.4 Å². The number of carboxylic acid groups (broad SMARTS) is 1. The molecule has 0 radical (unpaired) electrons. The van der Waals surface area contributed by atoms with E-state index in [-0.39, 0.29) is 22.2 Å². The highest BCUT2D eigenvalue weighted by molar-refractivity contribution is 7.89. The first-order chi connectivity index (χ1) is 11.1. The van der Waals surface area contributed by atoms with Gasteiger partial charge in [0.1, 0.15) is 4.90 Å². The van der Waals surface area contributed by atoms with Crippen LogP contribution >= 0.6 is 11.6 Å². The topological polar surface area (TPSA) is 126 Å². The molecule has 24 heavy (non-hydrogen) atoms. The third-order valence-corrected chi connectivity index (χ3v) is 5.19. The number of hydrogen-bond donors (Lipinski definition) is 3. The third kappa shape index (κ3) is 3.42. The number of nitrogens with one attached hydrogen (secondary N) is 1. The van der Waals surface area contributed by atoms with E-state index in [4.69, 9.17) is 16.7 Å². The summed E-state index contributed by atoms with van der Waals surface area (Å²) in [6.45, 7) is -0.361. The van der Waals surface area contributed by atoms with Crippen molar-refractivity contribution in [3.8, 4) is 5.75 Å². The Morgan fingerprint density at radius 1 is 1.33 bits per heavy atom. The summed E-state index contributed by atoms with van der Waals surface area (Å²) < 4.78 is 27.8. The highest BCUT2D eigenvalue weighted by Gasteiger charge is 2.21. The first-order valence-electron chi connectivity index (χ1n) is 6.54. The second-order valence-corrected chi connectivity index (χ2v) is 6.96. The van der Waals surface area contributed by atoms with Crippen LogP contribution in [0.1, 0.15) is 16.2 Å². The summed E-state index contributed by atoms with van der Waals surface area (Å²) in [7, 11) is -2.68. The van der Waals surface area contributed by atoms with Crippen LogP contribution < -0.4 is 10.2 Å². The lowest BCUT2D eigenvalue weighted by Gasteiger charge is -2.14. The molecular formula is C14H13ClN2O6S.